The fraction of sp³-hybridized carbons (Fsp3) is 0.714. The topological polar surface area (TPSA) is 81.5 Å². The summed E-state index contributed by atoms with van der Waals surface area (Å²) in [5.74, 6) is -0.396. The Morgan fingerprint density at radius 3 is 2.55 bits per heavy atom. The number of carbonyl (C=O) groups excluding carboxylic acids is 1. The Morgan fingerprint density at radius 1 is 1.41 bits per heavy atom. The number of hydrogen-bond donors (Lipinski definition) is 0. The van der Waals surface area contributed by atoms with Crippen LogP contribution in [0.4, 0.5) is 0 Å². The number of morpholine rings is 1. The minimum Gasteiger partial charge on any atom is -0.372 e. The molecule has 1 aromatic heterocycles. The largest absolute Gasteiger partial charge is 0.372 e. The molecule has 0 bridgehead atoms. The number of carbonyl (C=O) groups is 1. The average molecular weight is 329 g/mol. The molecule has 0 spiro atoms. The summed E-state index contributed by atoms with van der Waals surface area (Å²) in [7, 11) is -3.80. The van der Waals surface area contributed by atoms with Gasteiger partial charge in [0.1, 0.15) is 5.25 Å². The monoisotopic (exact) mass is 329 g/mol. The summed E-state index contributed by atoms with van der Waals surface area (Å²) >= 11 is 0. The maximum atomic E-state index is 12.7. The molecule has 1 amide bonds. The summed E-state index contributed by atoms with van der Waals surface area (Å²) in [6.45, 7) is 8.31. The molecule has 1 aliphatic rings. The third-order valence-corrected chi connectivity index (χ3v) is 5.80. The molecule has 124 valence electrons. The third-order valence-electron chi connectivity index (χ3n) is 3.82. The van der Waals surface area contributed by atoms with Gasteiger partial charge in [-0.05, 0) is 27.7 Å². The lowest BCUT2D eigenvalue weighted by atomic mass is 10.2. The molecule has 22 heavy (non-hydrogen) atoms. The van der Waals surface area contributed by atoms with E-state index in [1.54, 1.807) is 11.1 Å². The summed E-state index contributed by atoms with van der Waals surface area (Å²) in [6, 6.07) is 0. The van der Waals surface area contributed by atoms with Gasteiger partial charge >= 0.3 is 0 Å². The number of aromatic nitrogens is 2. The highest BCUT2D eigenvalue weighted by atomic mass is 32.2. The summed E-state index contributed by atoms with van der Waals surface area (Å²) in [4.78, 5) is 18.1. The van der Waals surface area contributed by atoms with E-state index >= 15 is 0 Å². The van der Waals surface area contributed by atoms with Crippen LogP contribution in [0.2, 0.25) is 0 Å². The number of imidazole rings is 1. The van der Waals surface area contributed by atoms with Crippen molar-refractivity contribution in [3.8, 4) is 0 Å². The van der Waals surface area contributed by atoms with E-state index in [9.17, 15) is 13.2 Å². The molecule has 1 fully saturated rings. The van der Waals surface area contributed by atoms with E-state index in [4.69, 9.17) is 4.74 Å². The van der Waals surface area contributed by atoms with E-state index in [0.29, 0.717) is 19.6 Å². The molecular formula is C14H23N3O4S. The van der Waals surface area contributed by atoms with E-state index in [1.165, 1.54) is 17.7 Å². The fourth-order valence-electron chi connectivity index (χ4n) is 2.70. The van der Waals surface area contributed by atoms with Crippen molar-refractivity contribution < 1.29 is 17.9 Å². The zero-order valence-corrected chi connectivity index (χ0v) is 14.2. The number of hydrogen-bond acceptors (Lipinski definition) is 5. The first-order chi connectivity index (χ1) is 10.3. The van der Waals surface area contributed by atoms with Crippen molar-refractivity contribution in [1.82, 2.24) is 14.5 Å². The first kappa shape index (κ1) is 17.0. The van der Waals surface area contributed by atoms with E-state index in [-0.39, 0.29) is 17.4 Å². The second-order valence-electron chi connectivity index (χ2n) is 5.68. The Kier molecular flexibility index (Phi) is 4.91. The minimum atomic E-state index is -3.80. The Morgan fingerprint density at radius 2 is 2.00 bits per heavy atom. The van der Waals surface area contributed by atoms with Gasteiger partial charge in [-0.15, -0.1) is 0 Å². The first-order valence-corrected chi connectivity index (χ1v) is 9.01. The van der Waals surface area contributed by atoms with Gasteiger partial charge in [-0.1, -0.05) is 0 Å². The maximum Gasteiger partial charge on any atom is 0.241 e. The second kappa shape index (κ2) is 6.37. The highest BCUT2D eigenvalue weighted by Gasteiger charge is 2.37. The van der Waals surface area contributed by atoms with Crippen LogP contribution in [0.3, 0.4) is 0 Å². The zero-order valence-electron chi connectivity index (χ0n) is 13.4. The van der Waals surface area contributed by atoms with Gasteiger partial charge in [-0.3, -0.25) is 4.79 Å². The van der Waals surface area contributed by atoms with E-state index in [1.807, 2.05) is 20.8 Å². The summed E-state index contributed by atoms with van der Waals surface area (Å²) in [6.07, 6.45) is 2.84. The number of rotatable bonds is 4. The van der Waals surface area contributed by atoms with Crippen LogP contribution in [0, 0.1) is 0 Å². The normalized spacial score (nSPS) is 24.3. The van der Waals surface area contributed by atoms with Crippen LogP contribution < -0.4 is 0 Å². The van der Waals surface area contributed by atoms with Crippen molar-refractivity contribution in [2.75, 3.05) is 13.1 Å². The lowest BCUT2D eigenvalue weighted by Gasteiger charge is -2.36. The molecule has 7 nitrogen and oxygen atoms in total. The molecule has 1 aliphatic heterocycles. The summed E-state index contributed by atoms with van der Waals surface area (Å²) in [5.41, 5.74) is 0. The Hall–Kier alpha value is -1.41. The van der Waals surface area contributed by atoms with Crippen molar-refractivity contribution in [3.05, 3.63) is 12.4 Å². The number of ether oxygens (including phenoxy) is 1. The molecule has 3 atom stereocenters. The van der Waals surface area contributed by atoms with Crippen molar-refractivity contribution in [2.45, 2.75) is 56.9 Å². The quantitative estimate of drug-likeness (QED) is 0.812. The molecular weight excluding hydrogens is 306 g/mol. The van der Waals surface area contributed by atoms with Gasteiger partial charge in [0.15, 0.2) is 0 Å². The molecule has 2 heterocycles. The zero-order chi connectivity index (χ0) is 16.5. The number of nitrogens with zero attached hydrogens (tertiary/aromatic N) is 3. The molecule has 8 heteroatoms. The molecule has 0 N–H and O–H groups in total. The molecule has 0 aromatic carbocycles. The van der Waals surface area contributed by atoms with E-state index in [0.717, 1.165) is 0 Å². The molecule has 3 unspecified atom stereocenters. The van der Waals surface area contributed by atoms with Crippen LogP contribution in [0.5, 0.6) is 0 Å². The van der Waals surface area contributed by atoms with Gasteiger partial charge in [0.05, 0.1) is 12.2 Å². The van der Waals surface area contributed by atoms with Crippen LogP contribution in [0.1, 0.15) is 27.7 Å². The third kappa shape index (κ3) is 3.17. The van der Waals surface area contributed by atoms with Crippen molar-refractivity contribution in [2.24, 2.45) is 0 Å². The van der Waals surface area contributed by atoms with Gasteiger partial charge in [0, 0.05) is 32.0 Å². The minimum absolute atomic E-state index is 0.0507. The number of aryl methyl sites for hydroxylation is 1. The standard InChI is InChI=1S/C14H23N3O4S/c1-5-16-7-6-15-14(16)22(19,20)12(4)13(18)17-8-10(2)21-11(3)9-17/h6-7,10-12H,5,8-9H2,1-4H3. The van der Waals surface area contributed by atoms with Crippen LogP contribution in [0.25, 0.3) is 0 Å². The molecule has 0 radical (unpaired) electrons. The SMILES string of the molecule is CCn1ccnc1S(=O)(=O)C(C)C(=O)N1CC(C)OC(C)C1. The molecule has 1 aromatic rings. The fourth-order valence-corrected chi connectivity index (χ4v) is 4.15. The van der Waals surface area contributed by atoms with E-state index in [2.05, 4.69) is 4.98 Å². The first-order valence-electron chi connectivity index (χ1n) is 7.46. The average Bonchev–Trinajstić information content (AvgIpc) is 2.93. The van der Waals surface area contributed by atoms with Gasteiger partial charge in [-0.25, -0.2) is 13.4 Å². The summed E-state index contributed by atoms with van der Waals surface area (Å²) < 4.78 is 32.4. The van der Waals surface area contributed by atoms with Gasteiger partial charge in [0.2, 0.25) is 20.9 Å². The lowest BCUT2D eigenvalue weighted by molar-refractivity contribution is -0.142. The highest BCUT2D eigenvalue weighted by molar-refractivity contribution is 7.92. The molecule has 2 rings (SSSR count). The molecule has 0 saturated carbocycles. The van der Waals surface area contributed by atoms with Gasteiger partial charge in [-0.2, -0.15) is 0 Å². The van der Waals surface area contributed by atoms with Crippen LogP contribution >= 0.6 is 0 Å². The predicted molar refractivity (Wildman–Crippen MR) is 81.1 cm³/mol. The Labute approximate surface area is 131 Å². The Balaban J connectivity index is 2.23. The smallest absolute Gasteiger partial charge is 0.241 e. The molecule has 1 saturated heterocycles. The predicted octanol–water partition coefficient (Wildman–Crippen LogP) is 0.701. The van der Waals surface area contributed by atoms with Gasteiger partial charge < -0.3 is 14.2 Å². The summed E-state index contributed by atoms with van der Waals surface area (Å²) in [5, 5.41) is -1.21. The van der Waals surface area contributed by atoms with Crippen LogP contribution in [-0.2, 0) is 25.9 Å². The van der Waals surface area contributed by atoms with Crippen molar-refractivity contribution >= 4 is 15.7 Å². The van der Waals surface area contributed by atoms with E-state index < -0.39 is 21.0 Å². The maximum absolute atomic E-state index is 12.7. The second-order valence-corrected chi connectivity index (χ2v) is 7.85. The van der Waals surface area contributed by atoms with Crippen molar-refractivity contribution in [3.63, 3.8) is 0 Å². The Bertz CT molecular complexity index is 630. The highest BCUT2D eigenvalue weighted by Crippen LogP contribution is 2.19. The van der Waals surface area contributed by atoms with Crippen molar-refractivity contribution in [1.29, 1.82) is 0 Å². The van der Waals surface area contributed by atoms with Crippen LogP contribution in [0.15, 0.2) is 17.6 Å². The molecule has 0 aliphatic carbocycles. The lowest BCUT2D eigenvalue weighted by Crippen LogP contribution is -2.52. The number of sulfone groups is 1. The van der Waals surface area contributed by atoms with Crippen LogP contribution in [-0.4, -0.2) is 59.3 Å². The number of amides is 1. The van der Waals surface area contributed by atoms with Gasteiger partial charge in [0.25, 0.3) is 0 Å².